The van der Waals surface area contributed by atoms with Gasteiger partial charge in [0.05, 0.1) is 12.1 Å². The van der Waals surface area contributed by atoms with Crippen LogP contribution in [0.15, 0.2) is 34.5 Å². The normalized spacial score (nSPS) is 10.5. The number of halogens is 1. The molecular formula is C12H12ClNOS2. The summed E-state index contributed by atoms with van der Waals surface area (Å²) in [5.74, 6) is 1.65. The average molecular weight is 286 g/mol. The van der Waals surface area contributed by atoms with Crippen LogP contribution in [-0.2, 0) is 5.75 Å². The highest BCUT2D eigenvalue weighted by atomic mass is 35.5. The summed E-state index contributed by atoms with van der Waals surface area (Å²) in [5, 5.41) is 2.82. The van der Waals surface area contributed by atoms with E-state index in [2.05, 4.69) is 0 Å². The standard InChI is InChI=1S/C12H12ClNOS2/c1-15-8-2-3-10(14)11(6-8)17-7-12-9(13)4-5-16-12/h2-6H,7,14H2,1H3. The maximum absolute atomic E-state index is 6.05. The Morgan fingerprint density at radius 1 is 1.41 bits per heavy atom. The van der Waals surface area contributed by atoms with E-state index in [9.17, 15) is 0 Å². The van der Waals surface area contributed by atoms with Crippen LogP contribution in [0.5, 0.6) is 5.75 Å². The highest BCUT2D eigenvalue weighted by Crippen LogP contribution is 2.34. The lowest BCUT2D eigenvalue weighted by molar-refractivity contribution is 0.414. The van der Waals surface area contributed by atoms with Crippen LogP contribution in [0.3, 0.4) is 0 Å². The number of methoxy groups -OCH3 is 1. The zero-order valence-electron chi connectivity index (χ0n) is 9.27. The second kappa shape index (κ2) is 5.67. The van der Waals surface area contributed by atoms with Gasteiger partial charge in [-0.2, -0.15) is 0 Å². The van der Waals surface area contributed by atoms with Gasteiger partial charge in [-0.05, 0) is 29.6 Å². The smallest absolute Gasteiger partial charge is 0.120 e. The van der Waals surface area contributed by atoms with Gasteiger partial charge in [0, 0.05) is 21.2 Å². The Kier molecular flexibility index (Phi) is 4.20. The molecule has 0 spiro atoms. The molecule has 0 aliphatic rings. The second-order valence-electron chi connectivity index (χ2n) is 3.38. The van der Waals surface area contributed by atoms with E-state index in [-0.39, 0.29) is 0 Å². The monoisotopic (exact) mass is 285 g/mol. The number of hydrogen-bond acceptors (Lipinski definition) is 4. The molecule has 0 saturated carbocycles. The van der Waals surface area contributed by atoms with Gasteiger partial charge in [0.1, 0.15) is 5.75 Å². The Morgan fingerprint density at radius 2 is 2.24 bits per heavy atom. The zero-order valence-corrected chi connectivity index (χ0v) is 11.7. The van der Waals surface area contributed by atoms with Gasteiger partial charge in [-0.25, -0.2) is 0 Å². The average Bonchev–Trinajstić information content (AvgIpc) is 2.74. The first kappa shape index (κ1) is 12.6. The lowest BCUT2D eigenvalue weighted by Gasteiger charge is -2.07. The fraction of sp³-hybridized carbons (Fsp3) is 0.167. The minimum absolute atomic E-state index is 0.767. The number of hydrogen-bond donors (Lipinski definition) is 1. The maximum atomic E-state index is 6.05. The van der Waals surface area contributed by atoms with Crippen molar-refractivity contribution >= 4 is 40.4 Å². The Morgan fingerprint density at radius 3 is 2.88 bits per heavy atom. The largest absolute Gasteiger partial charge is 0.497 e. The molecule has 0 fully saturated rings. The third kappa shape index (κ3) is 3.09. The maximum Gasteiger partial charge on any atom is 0.120 e. The molecule has 0 aliphatic carbocycles. The van der Waals surface area contributed by atoms with E-state index < -0.39 is 0 Å². The quantitative estimate of drug-likeness (QED) is 0.672. The lowest BCUT2D eigenvalue weighted by atomic mass is 10.3. The summed E-state index contributed by atoms with van der Waals surface area (Å²) in [5.41, 5.74) is 6.68. The molecule has 17 heavy (non-hydrogen) atoms. The molecule has 5 heteroatoms. The van der Waals surface area contributed by atoms with Crippen LogP contribution in [0.4, 0.5) is 5.69 Å². The van der Waals surface area contributed by atoms with Crippen molar-refractivity contribution in [3.8, 4) is 5.75 Å². The predicted molar refractivity (Wildman–Crippen MR) is 76.3 cm³/mol. The van der Waals surface area contributed by atoms with Crippen LogP contribution in [0.1, 0.15) is 4.88 Å². The molecule has 2 aromatic rings. The van der Waals surface area contributed by atoms with Gasteiger partial charge in [-0.3, -0.25) is 0 Å². The van der Waals surface area contributed by atoms with Gasteiger partial charge in [-0.15, -0.1) is 23.1 Å². The summed E-state index contributed by atoms with van der Waals surface area (Å²) in [6.45, 7) is 0. The van der Waals surface area contributed by atoms with E-state index in [4.69, 9.17) is 22.1 Å². The third-order valence-corrected chi connectivity index (χ3v) is 4.94. The van der Waals surface area contributed by atoms with E-state index >= 15 is 0 Å². The summed E-state index contributed by atoms with van der Waals surface area (Å²) < 4.78 is 5.18. The van der Waals surface area contributed by atoms with Gasteiger partial charge in [0.15, 0.2) is 0 Å². The number of benzene rings is 1. The van der Waals surface area contributed by atoms with Crippen LogP contribution in [-0.4, -0.2) is 7.11 Å². The fourth-order valence-electron chi connectivity index (χ4n) is 1.34. The Hall–Kier alpha value is -0.840. The number of rotatable bonds is 4. The summed E-state index contributed by atoms with van der Waals surface area (Å²) in [6, 6.07) is 7.58. The van der Waals surface area contributed by atoms with Crippen molar-refractivity contribution in [2.75, 3.05) is 12.8 Å². The number of anilines is 1. The van der Waals surface area contributed by atoms with Gasteiger partial charge in [0.25, 0.3) is 0 Å². The molecule has 90 valence electrons. The minimum atomic E-state index is 0.767. The molecule has 1 aromatic heterocycles. The van der Waals surface area contributed by atoms with Crippen LogP contribution in [0.2, 0.25) is 5.02 Å². The highest BCUT2D eigenvalue weighted by Gasteiger charge is 2.06. The molecule has 1 heterocycles. The molecule has 0 amide bonds. The van der Waals surface area contributed by atoms with E-state index in [1.165, 1.54) is 4.88 Å². The molecule has 0 unspecified atom stereocenters. The van der Waals surface area contributed by atoms with Crippen LogP contribution in [0.25, 0.3) is 0 Å². The Labute approximate surface area is 114 Å². The molecule has 0 bridgehead atoms. The van der Waals surface area contributed by atoms with Crippen molar-refractivity contribution in [1.29, 1.82) is 0 Å². The van der Waals surface area contributed by atoms with Gasteiger partial charge in [0.2, 0.25) is 0 Å². The Bertz CT molecular complexity index is 513. The lowest BCUT2D eigenvalue weighted by Crippen LogP contribution is -1.90. The van der Waals surface area contributed by atoms with Gasteiger partial charge >= 0.3 is 0 Å². The number of nitrogens with two attached hydrogens (primary N) is 1. The summed E-state index contributed by atoms with van der Waals surface area (Å²) >= 11 is 9.37. The van der Waals surface area contributed by atoms with Crippen LogP contribution in [0, 0.1) is 0 Å². The van der Waals surface area contributed by atoms with Crippen molar-refractivity contribution in [2.45, 2.75) is 10.6 Å². The topological polar surface area (TPSA) is 35.2 Å². The molecule has 2 rings (SSSR count). The molecule has 0 radical (unpaired) electrons. The SMILES string of the molecule is COc1ccc(N)c(SCc2sccc2Cl)c1. The summed E-state index contributed by atoms with van der Waals surface area (Å²) in [7, 11) is 1.65. The van der Waals surface area contributed by atoms with Crippen molar-refractivity contribution in [2.24, 2.45) is 0 Å². The minimum Gasteiger partial charge on any atom is -0.497 e. The first-order valence-electron chi connectivity index (χ1n) is 4.99. The van der Waals surface area contributed by atoms with E-state index in [0.29, 0.717) is 0 Å². The van der Waals surface area contributed by atoms with Crippen molar-refractivity contribution < 1.29 is 4.74 Å². The van der Waals surface area contributed by atoms with Gasteiger partial charge < -0.3 is 10.5 Å². The fourth-order valence-corrected chi connectivity index (χ4v) is 3.63. The first-order chi connectivity index (χ1) is 8.20. The molecule has 2 N–H and O–H groups in total. The first-order valence-corrected chi connectivity index (χ1v) is 7.23. The van der Waals surface area contributed by atoms with Crippen molar-refractivity contribution in [1.82, 2.24) is 0 Å². The summed E-state index contributed by atoms with van der Waals surface area (Å²) in [4.78, 5) is 2.19. The number of thioether (sulfide) groups is 1. The van der Waals surface area contributed by atoms with Crippen LogP contribution < -0.4 is 10.5 Å². The number of thiophene rings is 1. The van der Waals surface area contributed by atoms with E-state index in [1.807, 2.05) is 29.6 Å². The molecule has 2 nitrogen and oxygen atoms in total. The van der Waals surface area contributed by atoms with E-state index in [1.54, 1.807) is 30.2 Å². The zero-order chi connectivity index (χ0) is 12.3. The molecule has 0 atom stereocenters. The van der Waals surface area contributed by atoms with Gasteiger partial charge in [-0.1, -0.05) is 11.6 Å². The third-order valence-electron chi connectivity index (χ3n) is 2.27. The highest BCUT2D eigenvalue weighted by molar-refractivity contribution is 7.98. The van der Waals surface area contributed by atoms with Crippen LogP contribution >= 0.6 is 34.7 Å². The van der Waals surface area contributed by atoms with E-state index in [0.717, 1.165) is 27.1 Å². The van der Waals surface area contributed by atoms with Crippen molar-refractivity contribution in [3.05, 3.63) is 39.5 Å². The Balaban J connectivity index is 2.11. The number of ether oxygens (including phenoxy) is 1. The summed E-state index contributed by atoms with van der Waals surface area (Å²) in [6.07, 6.45) is 0. The number of nitrogen functional groups attached to an aromatic ring is 1. The molecular weight excluding hydrogens is 274 g/mol. The second-order valence-corrected chi connectivity index (χ2v) is 5.81. The van der Waals surface area contributed by atoms with Crippen molar-refractivity contribution in [3.63, 3.8) is 0 Å². The molecule has 0 saturated heterocycles. The molecule has 1 aromatic carbocycles. The molecule has 0 aliphatic heterocycles. The predicted octanol–water partition coefficient (Wildman–Crippen LogP) is 4.28.